The van der Waals surface area contributed by atoms with Gasteiger partial charge in [0.1, 0.15) is 0 Å². The number of rotatable bonds is 2. The third kappa shape index (κ3) is 3.28. The molecule has 7 aromatic rings. The van der Waals surface area contributed by atoms with E-state index in [0.717, 1.165) is 54.7 Å². The van der Waals surface area contributed by atoms with Gasteiger partial charge >= 0.3 is 0 Å². The second-order valence-electron chi connectivity index (χ2n) is 8.61. The van der Waals surface area contributed by atoms with Crippen molar-refractivity contribution in [3.63, 3.8) is 0 Å². The fraction of sp³-hybridized carbons (Fsp3) is 0. The molecule has 0 aliphatic heterocycles. The summed E-state index contributed by atoms with van der Waals surface area (Å²) in [5, 5.41) is 6.72. The lowest BCUT2D eigenvalue weighted by atomic mass is 10.1. The monoisotopic (exact) mass is 489 g/mol. The fourth-order valence-corrected chi connectivity index (χ4v) is 5.25. The highest BCUT2D eigenvalue weighted by atomic mass is 35.5. The normalized spacial score (nSPS) is 11.7. The van der Waals surface area contributed by atoms with Crippen LogP contribution in [-0.4, -0.2) is 14.5 Å². The Bertz CT molecular complexity index is 1920. The Morgan fingerprint density at radius 2 is 1.29 bits per heavy atom. The summed E-state index contributed by atoms with van der Waals surface area (Å²) in [6.07, 6.45) is 0. The van der Waals surface area contributed by atoms with E-state index in [0.29, 0.717) is 16.0 Å². The molecule has 0 aliphatic carbocycles. The molecule has 0 saturated heterocycles. The lowest BCUT2D eigenvalue weighted by Gasteiger charge is -2.12. The minimum Gasteiger partial charge on any atom is -0.278 e. The van der Waals surface area contributed by atoms with E-state index in [9.17, 15) is 0 Å². The molecule has 2 heterocycles. The maximum Gasteiger partial charge on any atom is 0.235 e. The van der Waals surface area contributed by atoms with E-state index in [1.807, 2.05) is 72.8 Å². The van der Waals surface area contributed by atoms with Crippen molar-refractivity contribution in [3.8, 4) is 17.2 Å². The first kappa shape index (κ1) is 20.5. The van der Waals surface area contributed by atoms with Crippen molar-refractivity contribution >= 4 is 66.7 Å². The molecule has 166 valence electrons. The number of benzene rings is 5. The van der Waals surface area contributed by atoms with Crippen LogP contribution in [0.4, 0.5) is 0 Å². The van der Waals surface area contributed by atoms with Gasteiger partial charge in [0.15, 0.2) is 0 Å². The lowest BCUT2D eigenvalue weighted by Crippen LogP contribution is -2.03. The number of fused-ring (bicyclic) bond motifs is 5. The van der Waals surface area contributed by atoms with Crippen LogP contribution in [0, 0.1) is 0 Å². The summed E-state index contributed by atoms with van der Waals surface area (Å²) in [5.74, 6) is 0.623. The lowest BCUT2D eigenvalue weighted by molar-refractivity contribution is 1.01. The first-order valence-corrected chi connectivity index (χ1v) is 12.1. The predicted octanol–water partition coefficient (Wildman–Crippen LogP) is 8.85. The Kier molecular flexibility index (Phi) is 4.56. The molecule has 5 aromatic carbocycles. The van der Waals surface area contributed by atoms with Gasteiger partial charge in [-0.25, -0.2) is 9.97 Å². The van der Waals surface area contributed by atoms with E-state index in [1.165, 1.54) is 0 Å². The van der Waals surface area contributed by atoms with Crippen molar-refractivity contribution in [3.05, 3.63) is 113 Å². The van der Waals surface area contributed by atoms with E-state index in [2.05, 4.69) is 34.9 Å². The number of aromatic nitrogens is 3. The van der Waals surface area contributed by atoms with Crippen molar-refractivity contribution < 1.29 is 0 Å². The highest BCUT2D eigenvalue weighted by Gasteiger charge is 2.18. The maximum absolute atomic E-state index is 6.44. The van der Waals surface area contributed by atoms with Crippen molar-refractivity contribution in [1.82, 2.24) is 14.5 Å². The highest BCUT2D eigenvalue weighted by Crippen LogP contribution is 2.37. The Balaban J connectivity index is 1.63. The van der Waals surface area contributed by atoms with Crippen LogP contribution in [-0.2, 0) is 0 Å². The zero-order valence-corrected chi connectivity index (χ0v) is 19.9. The van der Waals surface area contributed by atoms with E-state index >= 15 is 0 Å². The summed E-state index contributed by atoms with van der Waals surface area (Å²) in [6.45, 7) is 0. The first-order valence-electron chi connectivity index (χ1n) is 11.3. The summed E-state index contributed by atoms with van der Waals surface area (Å²) in [4.78, 5) is 10.1. The third-order valence-electron chi connectivity index (χ3n) is 6.49. The predicted molar refractivity (Wildman–Crippen MR) is 147 cm³/mol. The standard InChI is InChI=1S/C30H17Cl2N3/c31-21-11-10-19-16-28-24(15-20(19)14-21)25-17-22(32)12-13-27(25)35(28)30-33-26-9-5-4-8-23(26)29(34-30)18-6-2-1-3-7-18/h1-17H. The molecule has 0 N–H and O–H groups in total. The second kappa shape index (κ2) is 7.81. The molecule has 0 spiro atoms. The van der Waals surface area contributed by atoms with Crippen molar-refractivity contribution in [2.45, 2.75) is 0 Å². The van der Waals surface area contributed by atoms with Gasteiger partial charge in [0.05, 0.1) is 22.2 Å². The average molecular weight is 490 g/mol. The molecule has 3 nitrogen and oxygen atoms in total. The van der Waals surface area contributed by atoms with E-state index < -0.39 is 0 Å². The quantitative estimate of drug-likeness (QED) is 0.242. The third-order valence-corrected chi connectivity index (χ3v) is 6.96. The average Bonchev–Trinajstić information content (AvgIpc) is 3.19. The minimum atomic E-state index is 0.623. The van der Waals surface area contributed by atoms with Crippen molar-refractivity contribution in [1.29, 1.82) is 0 Å². The van der Waals surface area contributed by atoms with Gasteiger partial charge in [0, 0.05) is 31.8 Å². The number of hydrogen-bond donors (Lipinski definition) is 0. The Hall–Kier alpha value is -3.92. The Labute approximate surface area is 211 Å². The smallest absolute Gasteiger partial charge is 0.235 e. The van der Waals surface area contributed by atoms with Gasteiger partial charge in [-0.3, -0.25) is 4.57 Å². The van der Waals surface area contributed by atoms with Crippen LogP contribution in [0.3, 0.4) is 0 Å². The van der Waals surface area contributed by atoms with Crippen LogP contribution in [0.25, 0.3) is 60.7 Å². The Morgan fingerprint density at radius 1 is 0.543 bits per heavy atom. The summed E-state index contributed by atoms with van der Waals surface area (Å²) in [7, 11) is 0. The molecule has 0 unspecified atom stereocenters. The summed E-state index contributed by atoms with van der Waals surface area (Å²) in [5.41, 5.74) is 4.87. The molecular formula is C30H17Cl2N3. The molecule has 0 saturated carbocycles. The highest BCUT2D eigenvalue weighted by molar-refractivity contribution is 6.32. The molecule has 0 fully saturated rings. The minimum absolute atomic E-state index is 0.623. The zero-order chi connectivity index (χ0) is 23.5. The van der Waals surface area contributed by atoms with Crippen LogP contribution < -0.4 is 0 Å². The summed E-state index contributed by atoms with van der Waals surface area (Å²) in [6, 6.07) is 34.7. The maximum atomic E-state index is 6.44. The fourth-order valence-electron chi connectivity index (χ4n) is 4.90. The SMILES string of the molecule is Clc1ccc2cc3c(cc2c1)c1cc(Cl)ccc1n3-c1nc(-c2ccccc2)c2ccccc2n1. The van der Waals surface area contributed by atoms with Crippen LogP contribution >= 0.6 is 23.2 Å². The molecule has 35 heavy (non-hydrogen) atoms. The van der Waals surface area contributed by atoms with Crippen LogP contribution in [0.5, 0.6) is 0 Å². The van der Waals surface area contributed by atoms with Gasteiger partial charge in [0.2, 0.25) is 5.95 Å². The number of para-hydroxylation sites is 1. The van der Waals surface area contributed by atoms with Crippen LogP contribution in [0.2, 0.25) is 10.0 Å². The Morgan fingerprint density at radius 3 is 2.17 bits per heavy atom. The van der Waals surface area contributed by atoms with Crippen LogP contribution in [0.1, 0.15) is 0 Å². The van der Waals surface area contributed by atoms with E-state index in [4.69, 9.17) is 33.2 Å². The van der Waals surface area contributed by atoms with Gasteiger partial charge in [-0.1, -0.05) is 77.8 Å². The molecule has 7 rings (SSSR count). The number of hydrogen-bond acceptors (Lipinski definition) is 2. The van der Waals surface area contributed by atoms with E-state index in [-0.39, 0.29) is 0 Å². The number of halogens is 2. The summed E-state index contributed by atoms with van der Waals surface area (Å²) < 4.78 is 2.13. The largest absolute Gasteiger partial charge is 0.278 e. The number of nitrogens with zero attached hydrogens (tertiary/aromatic N) is 3. The molecule has 0 atom stereocenters. The molecule has 0 amide bonds. The molecule has 5 heteroatoms. The van der Waals surface area contributed by atoms with Gasteiger partial charge in [-0.05, 0) is 59.3 Å². The summed E-state index contributed by atoms with van der Waals surface area (Å²) >= 11 is 12.7. The topological polar surface area (TPSA) is 30.7 Å². The molecule has 2 aromatic heterocycles. The molecule has 0 bridgehead atoms. The van der Waals surface area contributed by atoms with Gasteiger partial charge in [0.25, 0.3) is 0 Å². The van der Waals surface area contributed by atoms with Gasteiger partial charge in [-0.15, -0.1) is 0 Å². The molecular weight excluding hydrogens is 473 g/mol. The second-order valence-corrected chi connectivity index (χ2v) is 9.49. The van der Waals surface area contributed by atoms with Crippen LogP contribution in [0.15, 0.2) is 103 Å². The molecule has 0 radical (unpaired) electrons. The molecule has 0 aliphatic rings. The van der Waals surface area contributed by atoms with Crippen molar-refractivity contribution in [2.75, 3.05) is 0 Å². The van der Waals surface area contributed by atoms with Gasteiger partial charge in [-0.2, -0.15) is 0 Å². The van der Waals surface area contributed by atoms with Crippen molar-refractivity contribution in [2.24, 2.45) is 0 Å². The first-order chi connectivity index (χ1) is 17.2. The zero-order valence-electron chi connectivity index (χ0n) is 18.4. The van der Waals surface area contributed by atoms with E-state index in [1.54, 1.807) is 0 Å². The van der Waals surface area contributed by atoms with Gasteiger partial charge < -0.3 is 0 Å².